The average molecular weight is 509 g/mol. The normalized spacial score (nSPS) is 13.5. The highest BCUT2D eigenvalue weighted by Gasteiger charge is 2.32. The highest BCUT2D eigenvalue weighted by molar-refractivity contribution is 8.00. The van der Waals surface area contributed by atoms with Crippen molar-refractivity contribution in [2.75, 3.05) is 4.90 Å². The highest BCUT2D eigenvalue weighted by atomic mass is 32.2. The van der Waals surface area contributed by atoms with E-state index in [0.29, 0.717) is 34.5 Å². The van der Waals surface area contributed by atoms with Crippen molar-refractivity contribution in [3.05, 3.63) is 96.4 Å². The summed E-state index contributed by atoms with van der Waals surface area (Å²) in [7, 11) is 0. The Labute approximate surface area is 218 Å². The Morgan fingerprint density at radius 3 is 2.00 bits per heavy atom. The summed E-state index contributed by atoms with van der Waals surface area (Å²) in [6, 6.07) is 23.5. The molecule has 6 rings (SSSR count). The monoisotopic (exact) mass is 508 g/mol. The Kier molecular flexibility index (Phi) is 6.32. The predicted octanol–water partition coefficient (Wildman–Crippen LogP) is 6.73. The fourth-order valence-electron chi connectivity index (χ4n) is 4.62. The van der Waals surface area contributed by atoms with E-state index in [-0.39, 0.29) is 5.91 Å². The van der Waals surface area contributed by atoms with Gasteiger partial charge in [0.1, 0.15) is 5.69 Å². The lowest BCUT2D eigenvalue weighted by atomic mass is 10.0. The van der Waals surface area contributed by atoms with E-state index in [4.69, 9.17) is 13.8 Å². The Balaban J connectivity index is 1.37. The second-order valence-electron chi connectivity index (χ2n) is 8.69. The van der Waals surface area contributed by atoms with Crippen LogP contribution in [0, 0.1) is 0 Å². The van der Waals surface area contributed by atoms with Gasteiger partial charge < -0.3 is 8.83 Å². The summed E-state index contributed by atoms with van der Waals surface area (Å²) in [5, 5.41) is 8.75. The van der Waals surface area contributed by atoms with Gasteiger partial charge in [-0.2, -0.15) is 0 Å². The number of benzene rings is 2. The molecule has 3 aromatic heterocycles. The summed E-state index contributed by atoms with van der Waals surface area (Å²) >= 11 is 1.32. The molecule has 0 N–H and O–H groups in total. The molecular formula is C29H24N4O3S. The zero-order valence-electron chi connectivity index (χ0n) is 20.2. The SMILES string of the molecule is CCC(Sc1nnc(-c2ccco2)c(-c2ccco2)n1)C(=O)N1c2ccccc2CCc2ccccc21. The molecule has 1 unspecified atom stereocenters. The van der Waals surface area contributed by atoms with Gasteiger partial charge in [-0.3, -0.25) is 9.69 Å². The summed E-state index contributed by atoms with van der Waals surface area (Å²) in [5.74, 6) is 1.09. The average Bonchev–Trinajstić information content (AvgIpc) is 3.64. The minimum atomic E-state index is -0.417. The van der Waals surface area contributed by atoms with Gasteiger partial charge >= 0.3 is 0 Å². The van der Waals surface area contributed by atoms with E-state index in [9.17, 15) is 4.79 Å². The molecule has 0 spiro atoms. The van der Waals surface area contributed by atoms with Crippen LogP contribution in [-0.2, 0) is 17.6 Å². The number of para-hydroxylation sites is 2. The van der Waals surface area contributed by atoms with E-state index in [1.165, 1.54) is 11.8 Å². The number of carbonyl (C=O) groups is 1. The maximum atomic E-state index is 14.2. The van der Waals surface area contributed by atoms with Crippen LogP contribution in [0.1, 0.15) is 24.5 Å². The zero-order chi connectivity index (χ0) is 25.2. The summed E-state index contributed by atoms with van der Waals surface area (Å²) < 4.78 is 11.2. The molecule has 37 heavy (non-hydrogen) atoms. The van der Waals surface area contributed by atoms with E-state index in [1.807, 2.05) is 54.3 Å². The van der Waals surface area contributed by atoms with Crippen LogP contribution in [0.3, 0.4) is 0 Å². The predicted molar refractivity (Wildman–Crippen MR) is 143 cm³/mol. The van der Waals surface area contributed by atoms with E-state index >= 15 is 0 Å². The van der Waals surface area contributed by atoms with Crippen LogP contribution in [0.15, 0.2) is 99.3 Å². The first-order chi connectivity index (χ1) is 18.2. The van der Waals surface area contributed by atoms with Gasteiger partial charge in [-0.1, -0.05) is 55.1 Å². The van der Waals surface area contributed by atoms with E-state index in [1.54, 1.807) is 30.7 Å². The standard InChI is InChI=1S/C29H24N4O3S/c1-2-25(28(34)33-21-11-5-3-9-19(21)15-16-20-10-4-6-12-22(20)33)37-29-30-26(23-13-7-17-35-23)27(31-32-29)24-14-8-18-36-24/h3-14,17-18,25H,2,15-16H2,1H3. The third kappa shape index (κ3) is 4.44. The van der Waals surface area contributed by atoms with Crippen molar-refractivity contribution >= 4 is 29.0 Å². The molecule has 5 aromatic rings. The molecule has 0 bridgehead atoms. The second kappa shape index (κ2) is 10.1. The molecule has 2 aromatic carbocycles. The maximum Gasteiger partial charge on any atom is 0.245 e. The molecule has 184 valence electrons. The Hall–Kier alpha value is -4.17. The molecule has 1 aliphatic rings. The Bertz CT molecular complexity index is 1490. The number of amides is 1. The molecule has 0 radical (unpaired) electrons. The second-order valence-corrected chi connectivity index (χ2v) is 9.86. The molecule has 1 aliphatic heterocycles. The quantitative estimate of drug-likeness (QED) is 0.235. The van der Waals surface area contributed by atoms with Gasteiger partial charge in [-0.25, -0.2) is 4.98 Å². The molecule has 1 atom stereocenters. The molecule has 1 amide bonds. The third-order valence-electron chi connectivity index (χ3n) is 6.42. The molecular weight excluding hydrogens is 484 g/mol. The van der Waals surface area contributed by atoms with E-state index < -0.39 is 5.25 Å². The zero-order valence-corrected chi connectivity index (χ0v) is 21.0. The van der Waals surface area contributed by atoms with Crippen molar-refractivity contribution in [1.29, 1.82) is 0 Å². The van der Waals surface area contributed by atoms with Crippen LogP contribution < -0.4 is 4.90 Å². The largest absolute Gasteiger partial charge is 0.463 e. The molecule has 4 heterocycles. The van der Waals surface area contributed by atoms with Gasteiger partial charge in [0.15, 0.2) is 17.2 Å². The highest BCUT2D eigenvalue weighted by Crippen LogP contribution is 2.39. The number of aromatic nitrogens is 3. The first-order valence-electron chi connectivity index (χ1n) is 12.2. The van der Waals surface area contributed by atoms with Crippen LogP contribution in [0.4, 0.5) is 11.4 Å². The van der Waals surface area contributed by atoms with Crippen LogP contribution in [0.5, 0.6) is 0 Å². The fraction of sp³-hybridized carbons (Fsp3) is 0.172. The molecule has 8 heteroatoms. The molecule has 0 saturated heterocycles. The minimum Gasteiger partial charge on any atom is -0.463 e. The summed E-state index contributed by atoms with van der Waals surface area (Å²) in [5.41, 5.74) is 5.18. The summed E-state index contributed by atoms with van der Waals surface area (Å²) in [6.07, 6.45) is 5.53. The van der Waals surface area contributed by atoms with Crippen molar-refractivity contribution < 1.29 is 13.6 Å². The number of nitrogens with zero attached hydrogens (tertiary/aromatic N) is 4. The van der Waals surface area contributed by atoms with Gasteiger partial charge in [0.25, 0.3) is 0 Å². The van der Waals surface area contributed by atoms with Crippen LogP contribution >= 0.6 is 11.8 Å². The number of rotatable bonds is 6. The van der Waals surface area contributed by atoms with E-state index in [0.717, 1.165) is 35.3 Å². The summed E-state index contributed by atoms with van der Waals surface area (Å²) in [4.78, 5) is 20.8. The van der Waals surface area contributed by atoms with Crippen molar-refractivity contribution in [1.82, 2.24) is 15.2 Å². The molecule has 7 nitrogen and oxygen atoms in total. The van der Waals surface area contributed by atoms with Crippen LogP contribution in [0.25, 0.3) is 22.9 Å². The number of carbonyl (C=O) groups excluding carboxylic acids is 1. The third-order valence-corrected chi connectivity index (χ3v) is 7.62. The number of thioether (sulfide) groups is 1. The van der Waals surface area contributed by atoms with Crippen molar-refractivity contribution in [2.24, 2.45) is 0 Å². The molecule has 0 fully saturated rings. The number of hydrogen-bond donors (Lipinski definition) is 0. The first-order valence-corrected chi connectivity index (χ1v) is 13.1. The molecule has 0 saturated carbocycles. The van der Waals surface area contributed by atoms with Gasteiger partial charge in [0, 0.05) is 0 Å². The van der Waals surface area contributed by atoms with Gasteiger partial charge in [-0.15, -0.1) is 10.2 Å². The number of fused-ring (bicyclic) bond motifs is 2. The fourth-order valence-corrected chi connectivity index (χ4v) is 5.48. The topological polar surface area (TPSA) is 85.3 Å². The van der Waals surface area contributed by atoms with Gasteiger partial charge in [0.05, 0.1) is 29.2 Å². The number of hydrogen-bond acceptors (Lipinski definition) is 7. The van der Waals surface area contributed by atoms with Crippen molar-refractivity contribution in [2.45, 2.75) is 36.6 Å². The Morgan fingerprint density at radius 2 is 1.43 bits per heavy atom. The maximum absolute atomic E-state index is 14.2. The number of aryl methyl sites for hydroxylation is 2. The lowest BCUT2D eigenvalue weighted by molar-refractivity contribution is -0.117. The lowest BCUT2D eigenvalue weighted by Gasteiger charge is -2.28. The first kappa shape index (κ1) is 23.2. The van der Waals surface area contributed by atoms with Crippen LogP contribution in [0.2, 0.25) is 0 Å². The Morgan fingerprint density at radius 1 is 0.838 bits per heavy atom. The molecule has 0 aliphatic carbocycles. The lowest BCUT2D eigenvalue weighted by Crippen LogP contribution is -2.34. The minimum absolute atomic E-state index is 0.00689. The van der Waals surface area contributed by atoms with Crippen LogP contribution in [-0.4, -0.2) is 26.3 Å². The van der Waals surface area contributed by atoms with Gasteiger partial charge in [0.2, 0.25) is 11.1 Å². The number of anilines is 2. The van der Waals surface area contributed by atoms with Crippen molar-refractivity contribution in [3.8, 4) is 22.9 Å². The van der Waals surface area contributed by atoms with E-state index in [2.05, 4.69) is 22.3 Å². The summed E-state index contributed by atoms with van der Waals surface area (Å²) in [6.45, 7) is 2.00. The van der Waals surface area contributed by atoms with Crippen molar-refractivity contribution in [3.63, 3.8) is 0 Å². The number of furan rings is 2. The smallest absolute Gasteiger partial charge is 0.245 e. The van der Waals surface area contributed by atoms with Gasteiger partial charge in [-0.05, 0) is 66.8 Å².